The van der Waals surface area contributed by atoms with Crippen LogP contribution < -0.4 is 10.2 Å². The van der Waals surface area contributed by atoms with Crippen LogP contribution in [0, 0.1) is 0 Å². The first-order chi connectivity index (χ1) is 9.22. The van der Waals surface area contributed by atoms with Gasteiger partial charge in [0.25, 0.3) is 0 Å². The maximum atomic E-state index is 4.53. The lowest BCUT2D eigenvalue weighted by Crippen LogP contribution is -2.40. The minimum Gasteiger partial charge on any atom is -0.349 e. The van der Waals surface area contributed by atoms with Gasteiger partial charge in [0.15, 0.2) is 5.13 Å². The zero-order valence-electron chi connectivity index (χ0n) is 12.4. The quantitative estimate of drug-likeness (QED) is 0.866. The minimum atomic E-state index is 0.676. The molecule has 4 nitrogen and oxygen atoms in total. The van der Waals surface area contributed by atoms with Crippen molar-refractivity contribution in [2.75, 3.05) is 38.1 Å². The molecule has 1 aromatic heterocycles. The van der Waals surface area contributed by atoms with Crippen LogP contribution in [0.25, 0.3) is 0 Å². The van der Waals surface area contributed by atoms with Crippen molar-refractivity contribution >= 4 is 16.5 Å². The molecule has 0 radical (unpaired) electrons. The molecule has 108 valence electrons. The van der Waals surface area contributed by atoms with Crippen LogP contribution in [0.2, 0.25) is 0 Å². The third-order valence-electron chi connectivity index (χ3n) is 3.86. The van der Waals surface area contributed by atoms with Crippen LogP contribution in [-0.2, 0) is 6.54 Å². The zero-order valence-corrected chi connectivity index (χ0v) is 13.2. The molecular formula is C14H26N4S. The third kappa shape index (κ3) is 4.16. The van der Waals surface area contributed by atoms with E-state index in [9.17, 15) is 0 Å². The summed E-state index contributed by atoms with van der Waals surface area (Å²) in [7, 11) is 2.20. The molecule has 0 bridgehead atoms. The molecule has 1 N–H and O–H groups in total. The molecule has 0 atom stereocenters. The van der Waals surface area contributed by atoms with Crippen LogP contribution in [0.1, 0.15) is 31.6 Å². The highest BCUT2D eigenvalue weighted by Crippen LogP contribution is 2.22. The van der Waals surface area contributed by atoms with Gasteiger partial charge in [-0.25, -0.2) is 4.98 Å². The molecule has 2 heterocycles. The lowest BCUT2D eigenvalue weighted by atomic mass is 10.1. The Hall–Kier alpha value is -0.650. The summed E-state index contributed by atoms with van der Waals surface area (Å²) in [5, 5.41) is 4.83. The number of hydrogen-bond donors (Lipinski definition) is 1. The zero-order chi connectivity index (χ0) is 13.7. The number of thiazole rings is 1. The van der Waals surface area contributed by atoms with Crippen molar-refractivity contribution in [3.63, 3.8) is 0 Å². The van der Waals surface area contributed by atoms with Crippen molar-refractivity contribution in [2.45, 2.75) is 39.3 Å². The number of rotatable bonds is 6. The van der Waals surface area contributed by atoms with Crippen LogP contribution in [-0.4, -0.2) is 49.2 Å². The van der Waals surface area contributed by atoms with E-state index in [4.69, 9.17) is 0 Å². The van der Waals surface area contributed by atoms with Gasteiger partial charge in [-0.2, -0.15) is 0 Å². The Bertz CT molecular complexity index is 367. The van der Waals surface area contributed by atoms with Gasteiger partial charge in [-0.15, -0.1) is 11.3 Å². The van der Waals surface area contributed by atoms with E-state index in [2.05, 4.69) is 41.0 Å². The van der Waals surface area contributed by atoms with Gasteiger partial charge in [0.1, 0.15) is 0 Å². The lowest BCUT2D eigenvalue weighted by molar-refractivity contribution is 0.234. The number of aromatic nitrogens is 1. The molecule has 1 saturated heterocycles. The second-order valence-corrected chi connectivity index (χ2v) is 6.33. The average molecular weight is 282 g/mol. The predicted molar refractivity (Wildman–Crippen MR) is 83.0 cm³/mol. The maximum absolute atomic E-state index is 4.53. The maximum Gasteiger partial charge on any atom is 0.185 e. The van der Waals surface area contributed by atoms with E-state index in [-0.39, 0.29) is 0 Å². The summed E-state index contributed by atoms with van der Waals surface area (Å²) in [6.07, 6.45) is 4.55. The molecule has 0 saturated carbocycles. The van der Waals surface area contributed by atoms with E-state index in [1.165, 1.54) is 30.8 Å². The van der Waals surface area contributed by atoms with Gasteiger partial charge in [-0.05, 0) is 46.8 Å². The van der Waals surface area contributed by atoms with Gasteiger partial charge >= 0.3 is 0 Å². The summed E-state index contributed by atoms with van der Waals surface area (Å²) in [6, 6.07) is 0.676. The summed E-state index contributed by atoms with van der Waals surface area (Å²) < 4.78 is 0. The van der Waals surface area contributed by atoms with Crippen LogP contribution >= 0.6 is 11.3 Å². The third-order valence-corrected chi connectivity index (χ3v) is 4.92. The van der Waals surface area contributed by atoms with Crippen LogP contribution in [0.15, 0.2) is 6.20 Å². The largest absolute Gasteiger partial charge is 0.349 e. The van der Waals surface area contributed by atoms with Gasteiger partial charge in [-0.1, -0.05) is 0 Å². The summed E-state index contributed by atoms with van der Waals surface area (Å²) in [5.74, 6) is 0. The smallest absolute Gasteiger partial charge is 0.185 e. The van der Waals surface area contributed by atoms with E-state index < -0.39 is 0 Å². The number of hydrogen-bond acceptors (Lipinski definition) is 5. The molecule has 0 spiro atoms. The Morgan fingerprint density at radius 3 is 2.68 bits per heavy atom. The highest BCUT2D eigenvalue weighted by molar-refractivity contribution is 7.15. The second-order valence-electron chi connectivity index (χ2n) is 5.24. The molecular weight excluding hydrogens is 256 g/mol. The molecule has 2 rings (SSSR count). The van der Waals surface area contributed by atoms with Crippen molar-refractivity contribution in [1.29, 1.82) is 0 Å². The van der Waals surface area contributed by atoms with Crippen molar-refractivity contribution in [2.24, 2.45) is 0 Å². The molecule has 0 aliphatic carbocycles. The topological polar surface area (TPSA) is 31.4 Å². The van der Waals surface area contributed by atoms with Crippen LogP contribution in [0.5, 0.6) is 0 Å². The fraction of sp³-hybridized carbons (Fsp3) is 0.786. The summed E-state index contributed by atoms with van der Waals surface area (Å²) in [5.41, 5.74) is 0. The Labute approximate surface area is 120 Å². The monoisotopic (exact) mass is 282 g/mol. The van der Waals surface area contributed by atoms with E-state index in [0.29, 0.717) is 6.04 Å². The molecule has 1 aliphatic heterocycles. The van der Waals surface area contributed by atoms with Crippen molar-refractivity contribution < 1.29 is 0 Å². The number of piperidine rings is 1. The normalized spacial score (nSPS) is 17.8. The highest BCUT2D eigenvalue weighted by atomic mass is 32.1. The number of nitrogens with one attached hydrogen (secondary N) is 1. The van der Waals surface area contributed by atoms with Gasteiger partial charge in [0.05, 0.1) is 0 Å². The molecule has 5 heteroatoms. The van der Waals surface area contributed by atoms with E-state index in [1.54, 1.807) is 0 Å². The predicted octanol–water partition coefficient (Wildman–Crippen LogP) is 2.17. The lowest BCUT2D eigenvalue weighted by Gasteiger charge is -2.29. The second kappa shape index (κ2) is 7.22. The number of nitrogens with zero attached hydrogens (tertiary/aromatic N) is 3. The van der Waals surface area contributed by atoms with Crippen LogP contribution in [0.4, 0.5) is 5.13 Å². The Balaban J connectivity index is 1.80. The number of likely N-dealkylation sites (tertiary alicyclic amines) is 1. The molecule has 19 heavy (non-hydrogen) atoms. The van der Waals surface area contributed by atoms with Crippen LogP contribution in [0.3, 0.4) is 0 Å². The minimum absolute atomic E-state index is 0.676. The molecule has 0 unspecified atom stereocenters. The SMILES string of the molecule is CCN(CC)c1ncc(CNC2CCN(C)CC2)s1. The molecule has 0 aromatic carbocycles. The van der Waals surface area contributed by atoms with Crippen molar-refractivity contribution in [1.82, 2.24) is 15.2 Å². The average Bonchev–Trinajstić information content (AvgIpc) is 2.88. The highest BCUT2D eigenvalue weighted by Gasteiger charge is 2.16. The Morgan fingerprint density at radius 2 is 2.05 bits per heavy atom. The van der Waals surface area contributed by atoms with Gasteiger partial charge < -0.3 is 15.1 Å². The van der Waals surface area contributed by atoms with E-state index >= 15 is 0 Å². The first-order valence-corrected chi connectivity index (χ1v) is 8.16. The van der Waals surface area contributed by atoms with Gasteiger partial charge in [0, 0.05) is 36.8 Å². The van der Waals surface area contributed by atoms with Crippen molar-refractivity contribution in [3.05, 3.63) is 11.1 Å². The first-order valence-electron chi connectivity index (χ1n) is 7.34. The molecule has 1 aliphatic rings. The van der Waals surface area contributed by atoms with Crippen molar-refractivity contribution in [3.8, 4) is 0 Å². The fourth-order valence-electron chi connectivity index (χ4n) is 2.48. The summed E-state index contributed by atoms with van der Waals surface area (Å²) in [4.78, 5) is 10.6. The molecule has 1 fully saturated rings. The molecule has 0 amide bonds. The van der Waals surface area contributed by atoms with Gasteiger partial charge in [0.2, 0.25) is 0 Å². The first kappa shape index (κ1) is 14.8. The Morgan fingerprint density at radius 1 is 1.37 bits per heavy atom. The number of anilines is 1. The fourth-order valence-corrected chi connectivity index (χ4v) is 3.46. The van der Waals surface area contributed by atoms with E-state index in [1.807, 2.05) is 17.5 Å². The standard InChI is InChI=1S/C14H26N4S/c1-4-18(5-2)14-16-11-13(19-14)10-15-12-6-8-17(3)9-7-12/h11-12,15H,4-10H2,1-3H3. The Kier molecular flexibility index (Phi) is 5.60. The van der Waals surface area contributed by atoms with Gasteiger partial charge in [-0.3, -0.25) is 0 Å². The summed E-state index contributed by atoms with van der Waals surface area (Å²) >= 11 is 1.82. The summed E-state index contributed by atoms with van der Waals surface area (Å²) in [6.45, 7) is 9.82. The molecule has 1 aromatic rings. The van der Waals surface area contributed by atoms with E-state index in [0.717, 1.165) is 24.8 Å².